The number of anilines is 1. The van der Waals surface area contributed by atoms with Gasteiger partial charge in [0.1, 0.15) is 12.1 Å². The molecule has 8 nitrogen and oxygen atoms in total. The zero-order valence-corrected chi connectivity index (χ0v) is 24.5. The maximum absolute atomic E-state index is 12.7. The number of carbonyl (C=O) groups is 1. The van der Waals surface area contributed by atoms with E-state index in [-0.39, 0.29) is 5.75 Å². The van der Waals surface area contributed by atoms with Gasteiger partial charge in [-0.25, -0.2) is 14.5 Å². The van der Waals surface area contributed by atoms with E-state index in [9.17, 15) is 18.0 Å². The molecule has 0 atom stereocenters. The highest BCUT2D eigenvalue weighted by Gasteiger charge is 2.31. The number of para-hydroxylation sites is 1. The van der Waals surface area contributed by atoms with Gasteiger partial charge in [0.2, 0.25) is 0 Å². The van der Waals surface area contributed by atoms with Gasteiger partial charge < -0.3 is 15.0 Å². The van der Waals surface area contributed by atoms with Crippen LogP contribution in [0.1, 0.15) is 37.8 Å². The molecule has 0 radical (unpaired) electrons. The van der Waals surface area contributed by atoms with E-state index in [0.29, 0.717) is 22.6 Å². The van der Waals surface area contributed by atoms with Crippen LogP contribution in [0, 0.1) is 0 Å². The molecular weight excluding hydrogens is 577 g/mol. The van der Waals surface area contributed by atoms with Gasteiger partial charge in [0, 0.05) is 29.7 Å². The molecule has 1 N–H and O–H groups in total. The van der Waals surface area contributed by atoms with Crippen LogP contribution in [-0.4, -0.2) is 44.6 Å². The van der Waals surface area contributed by atoms with E-state index in [4.69, 9.17) is 0 Å². The molecule has 0 spiro atoms. The molecule has 222 valence electrons. The van der Waals surface area contributed by atoms with E-state index in [1.807, 2.05) is 43.3 Å². The van der Waals surface area contributed by atoms with Crippen molar-refractivity contribution in [2.45, 2.75) is 33.1 Å². The summed E-state index contributed by atoms with van der Waals surface area (Å²) < 4.78 is 42.6. The number of benzene rings is 3. The number of ether oxygens (including phenoxy) is 1. The summed E-state index contributed by atoms with van der Waals surface area (Å²) in [5, 5.41) is 7.88. The van der Waals surface area contributed by atoms with E-state index >= 15 is 0 Å². The van der Waals surface area contributed by atoms with Crippen molar-refractivity contribution in [3.63, 3.8) is 0 Å². The van der Waals surface area contributed by atoms with Gasteiger partial charge in [-0.2, -0.15) is 4.99 Å². The predicted molar refractivity (Wildman–Crippen MR) is 163 cm³/mol. The summed E-state index contributed by atoms with van der Waals surface area (Å²) >= 11 is 1.56. The van der Waals surface area contributed by atoms with E-state index in [1.165, 1.54) is 40.8 Å². The quantitative estimate of drug-likeness (QED) is 0.233. The normalized spacial score (nSPS) is 14.9. The molecule has 3 aromatic carbocycles. The van der Waals surface area contributed by atoms with Crippen molar-refractivity contribution in [3.8, 4) is 22.8 Å². The Morgan fingerprint density at radius 2 is 1.79 bits per heavy atom. The predicted octanol–water partition coefficient (Wildman–Crippen LogP) is 7.64. The number of carbonyl (C=O) groups excluding carboxylic acids is 1. The second kappa shape index (κ2) is 12.7. The van der Waals surface area contributed by atoms with Crippen LogP contribution in [0.15, 0.2) is 90.3 Å². The van der Waals surface area contributed by atoms with E-state index in [0.717, 1.165) is 34.7 Å². The monoisotopic (exact) mass is 606 g/mol. The summed E-state index contributed by atoms with van der Waals surface area (Å²) in [5.74, 6) is 1.34. The number of rotatable bonds is 7. The van der Waals surface area contributed by atoms with Crippen LogP contribution in [0.3, 0.4) is 0 Å². The summed E-state index contributed by atoms with van der Waals surface area (Å²) in [6.45, 7) is 6.98. The Labute approximate surface area is 251 Å². The number of halogens is 3. The largest absolute Gasteiger partial charge is 0.573 e. The highest BCUT2D eigenvalue weighted by Crippen LogP contribution is 2.32. The van der Waals surface area contributed by atoms with Gasteiger partial charge >= 0.3 is 12.4 Å². The Bertz CT molecular complexity index is 1650. The van der Waals surface area contributed by atoms with Crippen LogP contribution in [0.2, 0.25) is 0 Å². The lowest BCUT2D eigenvalue weighted by molar-refractivity contribution is -0.274. The minimum Gasteiger partial charge on any atom is -0.406 e. The second-order valence-electron chi connectivity index (χ2n) is 10.0. The number of urea groups is 1. The molecule has 4 aromatic rings. The van der Waals surface area contributed by atoms with Crippen LogP contribution >= 0.6 is 11.8 Å². The number of hydrogen-bond donors (Lipinski definition) is 1. The number of amides is 2. The number of nitrogens with zero attached hydrogens (tertiary/aromatic N) is 5. The van der Waals surface area contributed by atoms with Crippen molar-refractivity contribution in [2.75, 3.05) is 17.2 Å². The van der Waals surface area contributed by atoms with Gasteiger partial charge in [-0.3, -0.25) is 0 Å². The molecule has 1 aliphatic heterocycles. The van der Waals surface area contributed by atoms with Crippen LogP contribution < -0.4 is 15.0 Å². The van der Waals surface area contributed by atoms with Crippen molar-refractivity contribution in [1.29, 1.82) is 0 Å². The van der Waals surface area contributed by atoms with Crippen molar-refractivity contribution >= 4 is 34.2 Å². The minimum atomic E-state index is -4.75. The number of hydrogen-bond acceptors (Lipinski definition) is 5. The average Bonchev–Trinajstić information content (AvgIpc) is 3.66. The highest BCUT2D eigenvalue weighted by molar-refractivity contribution is 8.14. The third-order valence-corrected chi connectivity index (χ3v) is 7.62. The summed E-state index contributed by atoms with van der Waals surface area (Å²) in [6, 6.07) is 20.6. The summed E-state index contributed by atoms with van der Waals surface area (Å²) in [4.78, 5) is 23.5. The Morgan fingerprint density at radius 1 is 1.07 bits per heavy atom. The molecule has 5 rings (SSSR count). The molecule has 2 heterocycles. The first-order valence-corrected chi connectivity index (χ1v) is 14.5. The molecule has 1 fully saturated rings. The third-order valence-electron chi connectivity index (χ3n) is 6.66. The Morgan fingerprint density at radius 3 is 2.49 bits per heavy atom. The lowest BCUT2D eigenvalue weighted by Crippen LogP contribution is -2.27. The van der Waals surface area contributed by atoms with E-state index < -0.39 is 12.4 Å². The topological polar surface area (TPSA) is 84.6 Å². The number of aliphatic imine (C=N–C) groups is 1. The fourth-order valence-corrected chi connectivity index (χ4v) is 5.46. The van der Waals surface area contributed by atoms with Crippen molar-refractivity contribution in [1.82, 2.24) is 20.1 Å². The minimum absolute atomic E-state index is 0.314. The van der Waals surface area contributed by atoms with Gasteiger partial charge in [0.15, 0.2) is 11.0 Å². The first-order chi connectivity index (χ1) is 20.6. The van der Waals surface area contributed by atoms with Crippen LogP contribution in [0.4, 0.5) is 23.7 Å². The lowest BCUT2D eigenvalue weighted by atomic mass is 10.0. The van der Waals surface area contributed by atoms with Crippen molar-refractivity contribution < 1.29 is 22.7 Å². The van der Waals surface area contributed by atoms with E-state index in [2.05, 4.69) is 56.0 Å². The molecule has 0 saturated carbocycles. The van der Waals surface area contributed by atoms with Gasteiger partial charge in [0.25, 0.3) is 0 Å². The molecular formula is C31H29F3N6O2S. The molecule has 1 aromatic heterocycles. The molecule has 12 heteroatoms. The van der Waals surface area contributed by atoms with Gasteiger partial charge in [-0.1, -0.05) is 68.1 Å². The van der Waals surface area contributed by atoms with Gasteiger partial charge in [-0.15, -0.1) is 18.3 Å². The summed E-state index contributed by atoms with van der Waals surface area (Å²) in [7, 11) is 0. The number of allylic oxidation sites excluding steroid dienone is 1. The smallest absolute Gasteiger partial charge is 0.406 e. The average molecular weight is 607 g/mol. The first kappa shape index (κ1) is 29.9. The number of alkyl halides is 3. The molecule has 2 amide bonds. The standard InChI is InChI=1S/C31H29F3N6O2S/c1-20(2)26-6-4-5-7-27(26)39-16-17-43-30(39)37-29(41)35-18-21(3)22-8-10-23(11-9-22)28-36-19-40(38-28)24-12-14-25(15-13-24)42-31(32,33)34/h4-15,18-20H,16-17H2,1-3H3,(H,35,41)/b21-18+,37-30-. The fraction of sp³-hybridized carbons (Fsp3) is 0.226. The molecule has 0 aliphatic carbocycles. The molecule has 0 bridgehead atoms. The van der Waals surface area contributed by atoms with Gasteiger partial charge in [0.05, 0.1) is 5.69 Å². The first-order valence-electron chi connectivity index (χ1n) is 13.5. The maximum atomic E-state index is 12.7. The van der Waals surface area contributed by atoms with Crippen molar-refractivity contribution in [2.24, 2.45) is 4.99 Å². The summed E-state index contributed by atoms with van der Waals surface area (Å²) in [6.07, 6.45) is -1.64. The number of nitrogens with one attached hydrogen (secondary N) is 1. The lowest BCUT2D eigenvalue weighted by Gasteiger charge is -2.22. The SMILES string of the molecule is C/C(=C\NC(=O)/N=C1\SCCN1c1ccccc1C(C)C)c1ccc(-c2ncn(-c3ccc(OC(F)(F)F)cc3)n2)cc1. The van der Waals surface area contributed by atoms with E-state index in [1.54, 1.807) is 18.0 Å². The fourth-order valence-electron chi connectivity index (χ4n) is 4.51. The Balaban J connectivity index is 1.22. The molecule has 0 unspecified atom stereocenters. The summed E-state index contributed by atoms with van der Waals surface area (Å²) in [5.41, 5.74) is 5.30. The third kappa shape index (κ3) is 7.44. The maximum Gasteiger partial charge on any atom is 0.573 e. The number of thioether (sulfide) groups is 1. The zero-order valence-electron chi connectivity index (χ0n) is 23.7. The number of aromatic nitrogens is 3. The number of amidine groups is 1. The second-order valence-corrected chi connectivity index (χ2v) is 11.1. The van der Waals surface area contributed by atoms with Gasteiger partial charge in [-0.05, 0) is 59.9 Å². The Hall–Kier alpha value is -4.58. The van der Waals surface area contributed by atoms with Crippen molar-refractivity contribution in [3.05, 3.63) is 96.5 Å². The molecule has 1 saturated heterocycles. The Kier molecular flexibility index (Phi) is 8.86. The van der Waals surface area contributed by atoms with Crippen LogP contribution in [0.25, 0.3) is 22.6 Å². The van der Waals surface area contributed by atoms with Crippen LogP contribution in [-0.2, 0) is 0 Å². The molecule has 43 heavy (non-hydrogen) atoms. The zero-order chi connectivity index (χ0) is 30.6. The van der Waals surface area contributed by atoms with Crippen LogP contribution in [0.5, 0.6) is 5.75 Å². The highest BCUT2D eigenvalue weighted by atomic mass is 32.2. The molecule has 1 aliphatic rings.